The molecule has 0 bridgehead atoms. The SMILES string of the molecule is CN(C)c1cc(C(=O)N2CC3CC3C2)c(O)c2c1C[C@H]1C[C@H]3[C@H](N(C)C)C(=O)C(C(N)=O)=C(O)[C@@]3(O)C(O)=C1C2. The number of ketones is 1. The number of aliphatic hydroxyl groups is 3. The molecule has 1 aliphatic heterocycles. The van der Waals surface area contributed by atoms with Gasteiger partial charge in [0.05, 0.1) is 11.6 Å². The monoisotopic (exact) mass is 552 g/mol. The van der Waals surface area contributed by atoms with E-state index in [2.05, 4.69) is 0 Å². The number of phenolic OH excluding ortho intramolecular Hbond substituents is 1. The number of likely N-dealkylation sites (N-methyl/N-ethyl adjacent to an activating group) is 1. The van der Waals surface area contributed by atoms with E-state index in [4.69, 9.17) is 5.73 Å². The first kappa shape index (κ1) is 26.6. The highest BCUT2D eigenvalue weighted by molar-refractivity contribution is 6.22. The normalized spacial score (nSPS) is 32.5. The van der Waals surface area contributed by atoms with Crippen molar-refractivity contribution in [2.24, 2.45) is 29.4 Å². The van der Waals surface area contributed by atoms with Gasteiger partial charge in [-0.1, -0.05) is 0 Å². The topological polar surface area (TPSA) is 168 Å². The van der Waals surface area contributed by atoms with Crippen LogP contribution in [-0.4, -0.2) is 101 Å². The number of aliphatic hydroxyl groups excluding tert-OH is 2. The molecule has 11 nitrogen and oxygen atoms in total. The highest BCUT2D eigenvalue weighted by Gasteiger charge is 2.61. The van der Waals surface area contributed by atoms with Gasteiger partial charge < -0.3 is 36.0 Å². The number of fused-ring (bicyclic) bond motifs is 4. The first-order valence-electron chi connectivity index (χ1n) is 13.7. The van der Waals surface area contributed by atoms with Crippen LogP contribution in [0.4, 0.5) is 5.69 Å². The van der Waals surface area contributed by atoms with Crippen molar-refractivity contribution in [3.8, 4) is 5.75 Å². The lowest BCUT2D eigenvalue weighted by atomic mass is 9.59. The first-order chi connectivity index (χ1) is 18.8. The summed E-state index contributed by atoms with van der Waals surface area (Å²) in [6, 6.07) is 0.719. The average molecular weight is 553 g/mol. The molecule has 1 aromatic carbocycles. The number of primary amides is 1. The summed E-state index contributed by atoms with van der Waals surface area (Å²) in [5.74, 6) is -3.96. The second-order valence-corrected chi connectivity index (χ2v) is 12.5. The number of aromatic hydroxyl groups is 1. The number of hydrogen-bond acceptors (Lipinski definition) is 9. The van der Waals surface area contributed by atoms with E-state index in [1.54, 1.807) is 30.0 Å². The number of phenols is 1. The lowest BCUT2D eigenvalue weighted by Gasteiger charge is -2.51. The second-order valence-electron chi connectivity index (χ2n) is 12.5. The predicted molar refractivity (Wildman–Crippen MR) is 145 cm³/mol. The predicted octanol–water partition coefficient (Wildman–Crippen LogP) is 0.638. The highest BCUT2D eigenvalue weighted by atomic mass is 16.4. The largest absolute Gasteiger partial charge is 0.509 e. The van der Waals surface area contributed by atoms with Gasteiger partial charge in [-0.05, 0) is 68.3 Å². The number of likely N-dealkylation sites (tertiary alicyclic amines) is 1. The molecule has 0 radical (unpaired) electrons. The van der Waals surface area contributed by atoms with Gasteiger partial charge >= 0.3 is 0 Å². The van der Waals surface area contributed by atoms with Crippen LogP contribution in [0.5, 0.6) is 5.75 Å². The van der Waals surface area contributed by atoms with Gasteiger partial charge in [-0.3, -0.25) is 19.3 Å². The van der Waals surface area contributed by atoms with E-state index in [0.717, 1.165) is 17.7 Å². The van der Waals surface area contributed by atoms with Crippen molar-refractivity contribution in [2.45, 2.75) is 37.3 Å². The number of benzene rings is 1. The van der Waals surface area contributed by atoms with Crippen LogP contribution >= 0.6 is 0 Å². The molecule has 0 spiro atoms. The molecule has 11 heteroatoms. The number of rotatable bonds is 4. The van der Waals surface area contributed by atoms with Crippen molar-refractivity contribution >= 4 is 23.3 Å². The maximum Gasteiger partial charge on any atom is 0.257 e. The average Bonchev–Trinajstić information content (AvgIpc) is 3.49. The summed E-state index contributed by atoms with van der Waals surface area (Å²) >= 11 is 0. The Morgan fingerprint density at radius 3 is 2.25 bits per heavy atom. The molecular weight excluding hydrogens is 516 g/mol. The molecule has 2 unspecified atom stereocenters. The Balaban J connectivity index is 1.48. The molecule has 2 fully saturated rings. The maximum atomic E-state index is 13.5. The summed E-state index contributed by atoms with van der Waals surface area (Å²) in [4.78, 5) is 44.1. The fourth-order valence-electron chi connectivity index (χ4n) is 7.69. The Kier molecular flexibility index (Phi) is 5.80. The minimum atomic E-state index is -2.40. The minimum Gasteiger partial charge on any atom is -0.509 e. The number of carbonyl (C=O) groups excluding carboxylic acids is 3. The molecule has 214 valence electrons. The number of piperidine rings is 1. The number of carbonyl (C=O) groups is 3. The van der Waals surface area contributed by atoms with Gasteiger partial charge in [0.25, 0.3) is 11.8 Å². The molecule has 5 aliphatic rings. The van der Waals surface area contributed by atoms with Crippen molar-refractivity contribution in [1.29, 1.82) is 0 Å². The van der Waals surface area contributed by atoms with Crippen LogP contribution in [0.3, 0.4) is 0 Å². The number of nitrogens with two attached hydrogens (primary N) is 1. The van der Waals surface area contributed by atoms with E-state index in [0.29, 0.717) is 42.5 Å². The first-order valence-corrected chi connectivity index (χ1v) is 13.7. The summed E-state index contributed by atoms with van der Waals surface area (Å²) in [6.07, 6.45) is 1.78. The molecule has 6 atom stereocenters. The van der Waals surface area contributed by atoms with Crippen molar-refractivity contribution in [3.63, 3.8) is 0 Å². The van der Waals surface area contributed by atoms with Gasteiger partial charge in [-0.25, -0.2) is 0 Å². The van der Waals surface area contributed by atoms with Crippen LogP contribution in [0.25, 0.3) is 0 Å². The molecule has 0 aromatic heterocycles. The third-order valence-corrected chi connectivity index (χ3v) is 9.82. The number of hydrogen-bond donors (Lipinski definition) is 5. The van der Waals surface area contributed by atoms with E-state index < -0.39 is 46.3 Å². The van der Waals surface area contributed by atoms with Crippen LogP contribution in [0.1, 0.15) is 34.3 Å². The van der Waals surface area contributed by atoms with Gasteiger partial charge in [0.2, 0.25) is 0 Å². The lowest BCUT2D eigenvalue weighted by molar-refractivity contribution is -0.136. The standard InChI is InChI=1S/C29H36N4O7/c1-31(2)20-9-18(28(39)33-10-13-5-14(13)11-33)23(34)17-8-15-12(6-16(17)20)7-19-22(32(3)4)24(35)21(27(30)38)26(37)29(19,40)25(15)36/h9,12-14,19,22,34,36-37,40H,5-8,10-11H2,1-4H3,(H2,30,38)/t12-,13?,14?,19-,22-,29-/m0/s1. The number of anilines is 1. The molecular formula is C29H36N4O7. The quantitative estimate of drug-likeness (QED) is 0.337. The lowest BCUT2D eigenvalue weighted by Crippen LogP contribution is -2.62. The summed E-state index contributed by atoms with van der Waals surface area (Å²) in [6.45, 7) is 1.36. The van der Waals surface area contributed by atoms with Crippen LogP contribution in [-0.2, 0) is 22.4 Å². The van der Waals surface area contributed by atoms with Crippen LogP contribution < -0.4 is 10.6 Å². The third kappa shape index (κ3) is 3.53. The smallest absolute Gasteiger partial charge is 0.257 e. The zero-order valence-corrected chi connectivity index (χ0v) is 23.1. The summed E-state index contributed by atoms with van der Waals surface area (Å²) in [5.41, 5.74) is 4.97. The Hall–Kier alpha value is -3.57. The molecule has 1 saturated heterocycles. The summed E-state index contributed by atoms with van der Waals surface area (Å²) in [7, 11) is 6.98. The van der Waals surface area contributed by atoms with Gasteiger partial charge in [0, 0.05) is 50.8 Å². The van der Waals surface area contributed by atoms with Crippen LogP contribution in [0.15, 0.2) is 28.7 Å². The Morgan fingerprint density at radius 2 is 1.68 bits per heavy atom. The van der Waals surface area contributed by atoms with Gasteiger partial charge in [0.1, 0.15) is 22.8 Å². The van der Waals surface area contributed by atoms with Gasteiger partial charge in [0.15, 0.2) is 11.4 Å². The van der Waals surface area contributed by atoms with E-state index in [9.17, 15) is 34.8 Å². The zero-order chi connectivity index (χ0) is 29.0. The van der Waals surface area contributed by atoms with E-state index >= 15 is 0 Å². The summed E-state index contributed by atoms with van der Waals surface area (Å²) in [5, 5.41) is 45.9. The van der Waals surface area contributed by atoms with Crippen molar-refractivity contribution in [2.75, 3.05) is 46.2 Å². The van der Waals surface area contributed by atoms with Crippen molar-refractivity contribution in [1.82, 2.24) is 9.80 Å². The molecule has 1 heterocycles. The summed E-state index contributed by atoms with van der Waals surface area (Å²) < 4.78 is 0. The molecule has 6 rings (SSSR count). The van der Waals surface area contributed by atoms with Crippen LogP contribution in [0.2, 0.25) is 0 Å². The Labute approximate surface area is 232 Å². The van der Waals surface area contributed by atoms with E-state index in [1.807, 2.05) is 19.0 Å². The molecule has 1 saturated carbocycles. The van der Waals surface area contributed by atoms with E-state index in [1.165, 1.54) is 0 Å². The van der Waals surface area contributed by atoms with Gasteiger partial charge in [-0.15, -0.1) is 0 Å². The van der Waals surface area contributed by atoms with Crippen LogP contribution in [0, 0.1) is 23.7 Å². The molecule has 4 aliphatic carbocycles. The fourth-order valence-corrected chi connectivity index (χ4v) is 7.69. The third-order valence-electron chi connectivity index (χ3n) is 9.82. The minimum absolute atomic E-state index is 0.0274. The molecule has 2 amide bonds. The number of nitrogens with zero attached hydrogens (tertiary/aromatic N) is 3. The second kappa shape index (κ2) is 8.71. The molecule has 40 heavy (non-hydrogen) atoms. The number of Topliss-reactive ketones (excluding diaryl/α,β-unsaturated/α-hetero) is 1. The molecule has 1 aromatic rings. The number of amides is 2. The highest BCUT2D eigenvalue weighted by Crippen LogP contribution is 2.54. The zero-order valence-electron chi connectivity index (χ0n) is 23.1. The Bertz CT molecular complexity index is 1420. The maximum absolute atomic E-state index is 13.5. The van der Waals surface area contributed by atoms with E-state index in [-0.39, 0.29) is 36.0 Å². The Morgan fingerprint density at radius 1 is 1.02 bits per heavy atom. The van der Waals surface area contributed by atoms with Crippen molar-refractivity contribution < 1.29 is 34.8 Å². The van der Waals surface area contributed by atoms with Crippen molar-refractivity contribution in [3.05, 3.63) is 45.4 Å². The fraction of sp³-hybridized carbons (Fsp3) is 0.552. The van der Waals surface area contributed by atoms with Gasteiger partial charge in [-0.2, -0.15) is 0 Å². The molecule has 6 N–H and O–H groups in total. The number of allylic oxidation sites excluding steroid dienone is 1.